The molecule has 0 radical (unpaired) electrons. The standard InChI is InChI=1S/C13H10O3/c1-8-2-3-9-6-12-11(5-10(9)4-8)13(14)16-7-15-12/h2-6H,7H2,1H3. The van der Waals surface area contributed by atoms with E-state index in [1.54, 1.807) is 0 Å². The van der Waals surface area contributed by atoms with Crippen LogP contribution in [0.25, 0.3) is 10.8 Å². The first kappa shape index (κ1) is 9.21. The lowest BCUT2D eigenvalue weighted by molar-refractivity contribution is 0.00502. The van der Waals surface area contributed by atoms with Gasteiger partial charge in [0.05, 0.1) is 0 Å². The molecule has 80 valence electrons. The van der Waals surface area contributed by atoms with Gasteiger partial charge in [0.2, 0.25) is 6.79 Å². The minimum atomic E-state index is -0.315. The summed E-state index contributed by atoms with van der Waals surface area (Å²) in [4.78, 5) is 11.5. The number of hydrogen-bond donors (Lipinski definition) is 0. The van der Waals surface area contributed by atoms with Gasteiger partial charge in [0.15, 0.2) is 0 Å². The molecule has 0 saturated carbocycles. The van der Waals surface area contributed by atoms with Gasteiger partial charge in [-0.2, -0.15) is 0 Å². The first-order valence-corrected chi connectivity index (χ1v) is 5.08. The number of cyclic esters (lactones) is 1. The summed E-state index contributed by atoms with van der Waals surface area (Å²) in [6, 6.07) is 9.80. The number of carbonyl (C=O) groups is 1. The molecule has 1 aliphatic rings. The van der Waals surface area contributed by atoms with Crippen molar-refractivity contribution in [1.82, 2.24) is 0 Å². The molecule has 0 N–H and O–H groups in total. The number of hydrogen-bond acceptors (Lipinski definition) is 3. The van der Waals surface area contributed by atoms with Gasteiger partial charge >= 0.3 is 5.97 Å². The third-order valence-electron chi connectivity index (χ3n) is 2.72. The quantitative estimate of drug-likeness (QED) is 0.632. The molecule has 0 aromatic heterocycles. The van der Waals surface area contributed by atoms with E-state index in [1.807, 2.05) is 37.3 Å². The summed E-state index contributed by atoms with van der Waals surface area (Å²) < 4.78 is 10.1. The Morgan fingerprint density at radius 3 is 2.81 bits per heavy atom. The van der Waals surface area contributed by atoms with E-state index in [1.165, 1.54) is 0 Å². The summed E-state index contributed by atoms with van der Waals surface area (Å²) in [5, 5.41) is 2.10. The predicted molar refractivity (Wildman–Crippen MR) is 59.6 cm³/mol. The van der Waals surface area contributed by atoms with Crippen molar-refractivity contribution < 1.29 is 14.3 Å². The largest absolute Gasteiger partial charge is 0.456 e. The number of fused-ring (bicyclic) bond motifs is 2. The molecule has 2 aromatic carbocycles. The van der Waals surface area contributed by atoms with Crippen molar-refractivity contribution in [3.05, 3.63) is 41.5 Å². The van der Waals surface area contributed by atoms with Crippen LogP contribution >= 0.6 is 0 Å². The average Bonchev–Trinajstić information content (AvgIpc) is 2.28. The van der Waals surface area contributed by atoms with Gasteiger partial charge in [-0.05, 0) is 29.8 Å². The zero-order valence-electron chi connectivity index (χ0n) is 8.82. The van der Waals surface area contributed by atoms with Crippen LogP contribution in [0.4, 0.5) is 0 Å². The SMILES string of the molecule is Cc1ccc2cc3c(cc2c1)C(=O)OCO3. The van der Waals surface area contributed by atoms with Crippen molar-refractivity contribution in [1.29, 1.82) is 0 Å². The predicted octanol–water partition coefficient (Wildman–Crippen LogP) is 2.65. The molecule has 0 amide bonds. The molecule has 0 fully saturated rings. The molecule has 0 spiro atoms. The summed E-state index contributed by atoms with van der Waals surface area (Å²) in [6.45, 7) is 2.02. The second kappa shape index (κ2) is 3.23. The second-order valence-corrected chi connectivity index (χ2v) is 3.89. The third kappa shape index (κ3) is 1.33. The smallest absolute Gasteiger partial charge is 0.344 e. The normalized spacial score (nSPS) is 14.2. The highest BCUT2D eigenvalue weighted by molar-refractivity contribution is 5.99. The number of rotatable bonds is 0. The maximum absolute atomic E-state index is 11.5. The van der Waals surface area contributed by atoms with E-state index < -0.39 is 0 Å². The lowest BCUT2D eigenvalue weighted by Gasteiger charge is -2.17. The molecule has 3 nitrogen and oxygen atoms in total. The molecule has 1 heterocycles. The van der Waals surface area contributed by atoms with Gasteiger partial charge in [-0.1, -0.05) is 23.8 Å². The fourth-order valence-electron chi connectivity index (χ4n) is 1.90. The molecular formula is C13H10O3. The second-order valence-electron chi connectivity index (χ2n) is 3.89. The molecule has 16 heavy (non-hydrogen) atoms. The molecule has 0 saturated heterocycles. The minimum absolute atomic E-state index is 0.00318. The Morgan fingerprint density at radius 1 is 1.06 bits per heavy atom. The van der Waals surface area contributed by atoms with Gasteiger partial charge in [-0.3, -0.25) is 0 Å². The summed E-state index contributed by atoms with van der Waals surface area (Å²) in [7, 11) is 0. The summed E-state index contributed by atoms with van der Waals surface area (Å²) in [5.41, 5.74) is 1.67. The summed E-state index contributed by atoms with van der Waals surface area (Å²) >= 11 is 0. The molecule has 0 aliphatic carbocycles. The van der Waals surface area contributed by atoms with Crippen LogP contribution in [0.5, 0.6) is 5.75 Å². The molecule has 1 aliphatic heterocycles. The van der Waals surface area contributed by atoms with Gasteiger partial charge in [-0.25, -0.2) is 4.79 Å². The number of ether oxygens (including phenoxy) is 2. The number of esters is 1. The first-order chi connectivity index (χ1) is 7.74. The van der Waals surface area contributed by atoms with Crippen LogP contribution in [0.15, 0.2) is 30.3 Å². The van der Waals surface area contributed by atoms with Gasteiger partial charge in [0, 0.05) is 0 Å². The van der Waals surface area contributed by atoms with E-state index in [9.17, 15) is 4.79 Å². The highest BCUT2D eigenvalue weighted by Gasteiger charge is 2.20. The zero-order valence-corrected chi connectivity index (χ0v) is 8.82. The van der Waals surface area contributed by atoms with E-state index in [0.29, 0.717) is 11.3 Å². The van der Waals surface area contributed by atoms with Crippen molar-refractivity contribution in [2.75, 3.05) is 6.79 Å². The van der Waals surface area contributed by atoms with Gasteiger partial charge in [0.1, 0.15) is 11.3 Å². The maximum atomic E-state index is 11.5. The Bertz CT molecular complexity index is 587. The van der Waals surface area contributed by atoms with E-state index >= 15 is 0 Å². The van der Waals surface area contributed by atoms with Crippen molar-refractivity contribution >= 4 is 16.7 Å². The van der Waals surface area contributed by atoms with Gasteiger partial charge < -0.3 is 9.47 Å². The monoisotopic (exact) mass is 214 g/mol. The van der Waals surface area contributed by atoms with Crippen molar-refractivity contribution in [2.24, 2.45) is 0 Å². The summed E-state index contributed by atoms with van der Waals surface area (Å²) in [5.74, 6) is 0.289. The number of benzene rings is 2. The van der Waals surface area contributed by atoms with E-state index in [-0.39, 0.29) is 12.8 Å². The van der Waals surface area contributed by atoms with E-state index in [0.717, 1.165) is 16.3 Å². The van der Waals surface area contributed by atoms with Gasteiger partial charge in [-0.15, -0.1) is 0 Å². The maximum Gasteiger partial charge on any atom is 0.344 e. The Labute approximate surface area is 92.6 Å². The summed E-state index contributed by atoms with van der Waals surface area (Å²) in [6.07, 6.45) is 0. The number of carbonyl (C=O) groups excluding carboxylic acids is 1. The van der Waals surface area contributed by atoms with Crippen LogP contribution in [0.3, 0.4) is 0 Å². The molecule has 3 rings (SSSR count). The zero-order chi connectivity index (χ0) is 11.1. The average molecular weight is 214 g/mol. The van der Waals surface area contributed by atoms with Crippen molar-refractivity contribution in [3.63, 3.8) is 0 Å². The molecule has 0 bridgehead atoms. The molecule has 2 aromatic rings. The fraction of sp³-hybridized carbons (Fsp3) is 0.154. The van der Waals surface area contributed by atoms with Crippen LogP contribution < -0.4 is 4.74 Å². The Kier molecular flexibility index (Phi) is 1.86. The number of aryl methyl sites for hydroxylation is 1. The van der Waals surface area contributed by atoms with E-state index in [4.69, 9.17) is 9.47 Å². The Balaban J connectivity index is 2.30. The van der Waals surface area contributed by atoms with Crippen molar-refractivity contribution in [2.45, 2.75) is 6.92 Å². The molecular weight excluding hydrogens is 204 g/mol. The lowest BCUT2D eigenvalue weighted by atomic mass is 10.0. The lowest BCUT2D eigenvalue weighted by Crippen LogP contribution is -2.18. The molecule has 3 heteroatoms. The molecule has 0 atom stereocenters. The van der Waals surface area contributed by atoms with Crippen LogP contribution in [-0.2, 0) is 4.74 Å². The first-order valence-electron chi connectivity index (χ1n) is 5.08. The highest BCUT2D eigenvalue weighted by atomic mass is 16.7. The minimum Gasteiger partial charge on any atom is -0.456 e. The van der Waals surface area contributed by atoms with Gasteiger partial charge in [0.25, 0.3) is 0 Å². The fourth-order valence-corrected chi connectivity index (χ4v) is 1.90. The Morgan fingerprint density at radius 2 is 1.94 bits per heavy atom. The Hall–Kier alpha value is -2.03. The van der Waals surface area contributed by atoms with E-state index in [2.05, 4.69) is 0 Å². The molecule has 0 unspecified atom stereocenters. The topological polar surface area (TPSA) is 35.5 Å². The highest BCUT2D eigenvalue weighted by Crippen LogP contribution is 2.29. The van der Waals surface area contributed by atoms with Crippen molar-refractivity contribution in [3.8, 4) is 5.75 Å². The van der Waals surface area contributed by atoms with Crippen LogP contribution in [0.1, 0.15) is 15.9 Å². The van der Waals surface area contributed by atoms with Crippen LogP contribution in [-0.4, -0.2) is 12.8 Å². The van der Waals surface area contributed by atoms with Crippen LogP contribution in [0, 0.1) is 6.92 Å². The van der Waals surface area contributed by atoms with Crippen LogP contribution in [0.2, 0.25) is 0 Å². The third-order valence-corrected chi connectivity index (χ3v) is 2.72.